The van der Waals surface area contributed by atoms with E-state index in [4.69, 9.17) is 21.7 Å². The molecule has 0 aliphatic rings. The van der Waals surface area contributed by atoms with Crippen molar-refractivity contribution in [1.29, 1.82) is 0 Å². The zero-order valence-corrected chi connectivity index (χ0v) is 42.5. The summed E-state index contributed by atoms with van der Waals surface area (Å²) in [6.45, 7) is 0. The molecule has 1 radical (unpaired) electrons. The van der Waals surface area contributed by atoms with Crippen LogP contribution in [0.3, 0.4) is 0 Å². The molecule has 0 atom stereocenters. The third-order valence-electron chi connectivity index (χ3n) is 7.69. The van der Waals surface area contributed by atoms with Crippen LogP contribution in [0.4, 0.5) is 34.1 Å². The number of azo groups is 2. The van der Waals surface area contributed by atoms with Gasteiger partial charge in [0.2, 0.25) is 20.0 Å². The van der Waals surface area contributed by atoms with Gasteiger partial charge >= 0.3 is 106 Å². The van der Waals surface area contributed by atoms with Crippen LogP contribution in [-0.2, 0) is 57.6 Å². The number of rotatable bonds is 8. The fraction of sp³-hybridized carbons (Fsp3) is 0. The summed E-state index contributed by atoms with van der Waals surface area (Å²) in [6.07, 6.45) is 0. The monoisotopic (exact) mass is 991 g/mol. The van der Waals surface area contributed by atoms with Crippen molar-refractivity contribution in [2.24, 2.45) is 30.7 Å². The van der Waals surface area contributed by atoms with Crippen LogP contribution in [0.25, 0.3) is 21.5 Å². The number of benzene rings is 6. The molecule has 6 aromatic rings. The van der Waals surface area contributed by atoms with Gasteiger partial charge in [0.15, 0.2) is 0 Å². The zero-order chi connectivity index (χ0) is 43.1. The van der Waals surface area contributed by atoms with Gasteiger partial charge in [0.05, 0.1) is 42.3 Å². The predicted octanol–water partition coefficient (Wildman–Crippen LogP) is -7.92. The van der Waals surface area contributed by atoms with E-state index in [-0.39, 0.29) is 139 Å². The zero-order valence-electron chi connectivity index (χ0n) is 31.9. The van der Waals surface area contributed by atoms with Crippen molar-refractivity contribution in [3.8, 4) is 23.0 Å². The van der Waals surface area contributed by atoms with Crippen LogP contribution in [0.1, 0.15) is 0 Å². The number of fused-ring (bicyclic) bond motifs is 2. The molecule has 6 rings (SSSR count). The number of anilines is 2. The summed E-state index contributed by atoms with van der Waals surface area (Å²) in [5.74, 6) is -3.46. The Morgan fingerprint density at radius 3 is 1.06 bits per heavy atom. The minimum absolute atomic E-state index is 0. The fourth-order valence-electron chi connectivity index (χ4n) is 4.97. The van der Waals surface area contributed by atoms with E-state index in [0.29, 0.717) is 0 Å². The van der Waals surface area contributed by atoms with Gasteiger partial charge in [-0.1, -0.05) is 47.3 Å². The normalized spacial score (nSPS) is 11.8. The summed E-state index contributed by atoms with van der Waals surface area (Å²) < 4.78 is 115. The Hall–Kier alpha value is -2.99. The maximum absolute atomic E-state index is 12.7. The Balaban J connectivity index is 0.000000582. The molecule has 22 nitrogen and oxygen atoms in total. The molecule has 0 unspecified atom stereocenters. The summed E-state index contributed by atoms with van der Waals surface area (Å²) in [5, 5.41) is 73.2. The molecule has 0 aromatic heterocycles. The van der Waals surface area contributed by atoms with Gasteiger partial charge in [-0.25, -0.2) is 43.9 Å². The number of sulfonamides is 2. The van der Waals surface area contributed by atoms with Crippen LogP contribution in [0.5, 0.6) is 23.0 Å². The van der Waals surface area contributed by atoms with Gasteiger partial charge in [0.1, 0.15) is 20.2 Å². The number of primary sulfonamides is 2. The topological polar surface area (TPSA) is 428 Å². The molecule has 0 amide bonds. The minimum atomic E-state index is -5.13. The van der Waals surface area contributed by atoms with Crippen molar-refractivity contribution in [1.82, 2.24) is 0 Å². The number of nitrogen functional groups attached to an aromatic ring is 2. The Bertz CT molecular complexity index is 3010. The van der Waals surface area contributed by atoms with Crippen LogP contribution >= 0.6 is 0 Å². The van der Waals surface area contributed by atoms with E-state index in [9.17, 15) is 63.2 Å². The van der Waals surface area contributed by atoms with Crippen LogP contribution in [-0.4, -0.2) is 42.8 Å². The Morgan fingerprint density at radius 1 is 0.452 bits per heavy atom. The van der Waals surface area contributed by atoms with Crippen molar-refractivity contribution in [2.45, 2.75) is 19.6 Å². The Kier molecular flexibility index (Phi) is 20.0. The molecule has 0 aliphatic carbocycles. The van der Waals surface area contributed by atoms with E-state index in [0.717, 1.165) is 48.5 Å². The van der Waals surface area contributed by atoms with Crippen LogP contribution in [0.15, 0.2) is 125 Å². The first-order chi connectivity index (χ1) is 26.8. The summed E-state index contributed by atoms with van der Waals surface area (Å²) in [7, 11) is -18.6. The molecule has 307 valence electrons. The van der Waals surface area contributed by atoms with E-state index in [2.05, 4.69) is 20.5 Å². The Morgan fingerprint density at radius 2 is 0.774 bits per heavy atom. The number of nitrogens with zero attached hydrogens (tertiary/aromatic N) is 4. The summed E-state index contributed by atoms with van der Waals surface area (Å²) in [6, 6.07) is 15.1. The summed E-state index contributed by atoms with van der Waals surface area (Å²) >= 11 is 0. The second-order valence-corrected chi connectivity index (χ2v) is 17.5. The smallest absolute Gasteiger partial charge is 0.871 e. The van der Waals surface area contributed by atoms with Crippen molar-refractivity contribution in [2.75, 3.05) is 11.5 Å². The van der Waals surface area contributed by atoms with Gasteiger partial charge < -0.3 is 41.0 Å². The average molecular weight is 992 g/mol. The van der Waals surface area contributed by atoms with Gasteiger partial charge in [-0.2, -0.15) is 10.2 Å². The van der Waals surface area contributed by atoms with E-state index >= 15 is 0 Å². The molecule has 30 heteroatoms. The van der Waals surface area contributed by atoms with Gasteiger partial charge in [-0.3, -0.25) is 0 Å². The van der Waals surface area contributed by atoms with Crippen molar-refractivity contribution < 1.29 is 169 Å². The largest absolute Gasteiger partial charge is 3.00 e. The maximum Gasteiger partial charge on any atom is 3.00 e. The van der Waals surface area contributed by atoms with Gasteiger partial charge in [0.25, 0.3) is 0 Å². The molecule has 62 heavy (non-hydrogen) atoms. The second kappa shape index (κ2) is 21.8. The van der Waals surface area contributed by atoms with E-state index in [1.54, 1.807) is 0 Å². The number of hydrogen-bond donors (Lipinski definition) is 4. The molecule has 8 N–H and O–H groups in total. The van der Waals surface area contributed by atoms with Crippen molar-refractivity contribution >= 4 is 96.0 Å². The van der Waals surface area contributed by atoms with E-state index in [1.165, 1.54) is 36.4 Å². The molecule has 0 spiro atoms. The Labute approximate surface area is 429 Å². The third kappa shape index (κ3) is 13.5. The minimum Gasteiger partial charge on any atom is -0.871 e. The van der Waals surface area contributed by atoms with E-state index < -0.39 is 106 Å². The predicted molar refractivity (Wildman–Crippen MR) is 194 cm³/mol. The standard InChI is InChI=1S/2C16H14N4O7S2.Cr.3Na/c2*17-9-2-1-8-5-14(29(25,26)27)15(16(22)11(8)6-9)20-19-12-7-10(28(18,23)24)3-4-13(12)21;;;;/h2*1-7,21-22H,17H2,(H2,18,23,24)(H,25,26,27);;;;/q;;+3;3*+1/p-6. The quantitative estimate of drug-likeness (QED) is 0.0476. The van der Waals surface area contributed by atoms with Gasteiger partial charge in [0, 0.05) is 11.4 Å². The summed E-state index contributed by atoms with van der Waals surface area (Å²) in [5.41, 5.74) is 8.94. The average Bonchev–Trinajstić information content (AvgIpc) is 3.11. The first-order valence-corrected chi connectivity index (χ1v) is 21.2. The summed E-state index contributed by atoms with van der Waals surface area (Å²) in [4.78, 5) is -2.79. The molecular formula is C32H22CrN8Na3O14S4. The fourth-order valence-corrected chi connectivity index (χ4v) is 7.32. The van der Waals surface area contributed by atoms with Gasteiger partial charge in [-0.05, 0) is 82.2 Å². The molecule has 0 saturated heterocycles. The van der Waals surface area contributed by atoms with Crippen LogP contribution < -0.4 is 131 Å². The van der Waals surface area contributed by atoms with E-state index in [1.807, 2.05) is 0 Å². The van der Waals surface area contributed by atoms with Crippen LogP contribution in [0, 0.1) is 0 Å². The molecular weight excluding hydrogens is 970 g/mol. The molecule has 0 aliphatic heterocycles. The number of hydrogen-bond acceptors (Lipinski definition) is 20. The maximum atomic E-state index is 12.7. The van der Waals surface area contributed by atoms with Crippen LogP contribution in [0.2, 0.25) is 0 Å². The first-order valence-electron chi connectivity index (χ1n) is 15.2. The third-order valence-corrected chi connectivity index (χ3v) is 11.2. The molecule has 0 bridgehead atoms. The molecule has 0 fully saturated rings. The second-order valence-electron chi connectivity index (χ2n) is 11.7. The molecule has 6 aromatic carbocycles. The molecule has 0 heterocycles. The SMILES string of the molecule is Nc1ccc2cc(S(=O)(=O)[O-])c(N=Nc3cc(S(N)(=O)=O)ccc3[O-])c([O-])c2c1.Nc1ccc2cc(S(=O)(=O)[O-])c(N=Nc3cc(S(N)(=O)=O)ccc3[O-])c([O-])c2c1.[Cr+3].[Na+].[Na+].[Na+]. The van der Waals surface area contributed by atoms with Gasteiger partial charge in [-0.15, -0.1) is 10.2 Å². The molecule has 0 saturated carbocycles. The van der Waals surface area contributed by atoms with Crippen molar-refractivity contribution in [3.05, 3.63) is 84.9 Å². The number of nitrogens with two attached hydrogens (primary N) is 4. The van der Waals surface area contributed by atoms with Crippen molar-refractivity contribution in [3.63, 3.8) is 0 Å². The first kappa shape index (κ1) is 57.0.